The smallest absolute Gasteiger partial charge is 0.347 e. The number of hydrogen-bond acceptors (Lipinski definition) is 9. The monoisotopic (exact) mass is 854 g/mol. The van der Waals surface area contributed by atoms with Gasteiger partial charge in [0.15, 0.2) is 8.32 Å². The average Bonchev–Trinajstić information content (AvgIpc) is 4.01. The predicted molar refractivity (Wildman–Crippen MR) is 242 cm³/mol. The van der Waals surface area contributed by atoms with Crippen molar-refractivity contribution in [1.29, 1.82) is 0 Å². The molecule has 4 heterocycles. The van der Waals surface area contributed by atoms with Crippen LogP contribution in [0.25, 0.3) is 21.8 Å². The number of carboxylic acid groups (broad SMARTS) is 1. The van der Waals surface area contributed by atoms with Crippen LogP contribution in [0.1, 0.15) is 79.9 Å². The quantitative estimate of drug-likeness (QED) is 0.0668. The summed E-state index contributed by atoms with van der Waals surface area (Å²) in [7, 11) is 0.0246. The lowest BCUT2D eigenvalue weighted by molar-refractivity contribution is -0.170. The first-order chi connectivity index (χ1) is 28.2. The van der Waals surface area contributed by atoms with Crippen molar-refractivity contribution in [2.24, 2.45) is 0 Å². The number of phenolic OH excluding ortho intramolecular Hbond substituents is 1. The molecule has 1 saturated carbocycles. The van der Waals surface area contributed by atoms with Gasteiger partial charge < -0.3 is 39.1 Å². The minimum atomic E-state index is -2.19. The number of ether oxygens (including phenoxy) is 1. The van der Waals surface area contributed by atoms with Gasteiger partial charge in [-0.1, -0.05) is 45.0 Å². The number of hydrogen-bond donors (Lipinski definition) is 4. The molecule has 1 aliphatic carbocycles. The number of rotatable bonds is 17. The van der Waals surface area contributed by atoms with Crippen LogP contribution in [0.5, 0.6) is 5.75 Å². The molecular formula is C46H58N4O6S2Si. The molecule has 1 atom stereocenters. The summed E-state index contributed by atoms with van der Waals surface area (Å²) in [6.45, 7) is 14.3. The topological polar surface area (TPSA) is 129 Å². The molecule has 10 nitrogen and oxygen atoms in total. The highest BCUT2D eigenvalue weighted by Crippen LogP contribution is 2.43. The van der Waals surface area contributed by atoms with E-state index in [0.717, 1.165) is 65.9 Å². The molecule has 1 fully saturated rings. The summed E-state index contributed by atoms with van der Waals surface area (Å²) in [4.78, 5) is 31.7. The number of aromatic hydroxyl groups is 1. The van der Waals surface area contributed by atoms with E-state index in [0.29, 0.717) is 24.6 Å². The number of nitrogens with one attached hydrogen (secondary N) is 2. The summed E-state index contributed by atoms with van der Waals surface area (Å²) in [5, 5.41) is 30.6. The molecule has 0 saturated heterocycles. The fourth-order valence-electron chi connectivity index (χ4n) is 8.17. The Bertz CT molecular complexity index is 2360. The Labute approximate surface area is 355 Å². The molecule has 1 aliphatic rings. The molecule has 0 aliphatic heterocycles. The first-order valence-corrected chi connectivity index (χ1v) is 25.3. The molecule has 4 aromatic heterocycles. The summed E-state index contributed by atoms with van der Waals surface area (Å²) < 4.78 is 16.0. The summed E-state index contributed by atoms with van der Waals surface area (Å²) in [6.07, 6.45) is 6.43. The highest BCUT2D eigenvalue weighted by Gasteiger charge is 2.48. The van der Waals surface area contributed by atoms with Gasteiger partial charge in [0.05, 0.1) is 27.5 Å². The van der Waals surface area contributed by atoms with Crippen molar-refractivity contribution in [3.63, 3.8) is 0 Å². The second kappa shape index (κ2) is 17.9. The van der Waals surface area contributed by atoms with Gasteiger partial charge in [0.1, 0.15) is 5.75 Å². The highest BCUT2D eigenvalue weighted by molar-refractivity contribution is 7.12. The zero-order valence-electron chi connectivity index (χ0n) is 35.0. The predicted octanol–water partition coefficient (Wildman–Crippen LogP) is 9.84. The first kappa shape index (κ1) is 43.0. The number of fused-ring (bicyclic) bond motifs is 2. The minimum absolute atomic E-state index is 0.00276. The summed E-state index contributed by atoms with van der Waals surface area (Å²) in [5.41, 5.74) is 2.06. The Morgan fingerprint density at radius 2 is 1.71 bits per heavy atom. The largest absolute Gasteiger partial charge is 0.506 e. The Morgan fingerprint density at radius 3 is 2.36 bits per heavy atom. The lowest BCUT2D eigenvalue weighted by atomic mass is 9.90. The van der Waals surface area contributed by atoms with Gasteiger partial charge in [0, 0.05) is 48.8 Å². The van der Waals surface area contributed by atoms with E-state index in [2.05, 4.69) is 91.1 Å². The Morgan fingerprint density at radius 1 is 1.00 bits per heavy atom. The van der Waals surface area contributed by atoms with E-state index in [-0.39, 0.29) is 28.6 Å². The number of phenols is 1. The standard InChI is InChI=1S/C46H58N4O6S2Si/c1-45(2,3)59(5,6)56-39(35-17-20-38(51)43-36(35)18-21-42(52)48-43)30-47-29-31-12-19-37-32(28-31)22-25-50(37)24-9-23-49(4)33-13-15-34(16-14-33)55-46(44(53)54,40-10-7-26-57-40)41-11-8-27-58-41/h7-8,10-12,17-22,25-28,33-34,39,47,51H,9,13-16,23-24,29-30H2,1-6H3,(H,48,52)(H,53,54)/t33?,34?,39-/m0/s1. The third-order valence-corrected chi connectivity index (χ3v) is 19.0. The number of nitrogens with zero attached hydrogens (tertiary/aromatic N) is 2. The number of benzene rings is 2. The Balaban J connectivity index is 0.930. The van der Waals surface area contributed by atoms with Crippen LogP contribution in [0.4, 0.5) is 0 Å². The van der Waals surface area contributed by atoms with Crippen molar-refractivity contribution in [3.8, 4) is 5.75 Å². The fourth-order valence-corrected chi connectivity index (χ4v) is 11.3. The van der Waals surface area contributed by atoms with Crippen LogP contribution in [0, 0.1) is 0 Å². The maximum atomic E-state index is 12.9. The van der Waals surface area contributed by atoms with Crippen molar-refractivity contribution in [1.82, 2.24) is 19.8 Å². The van der Waals surface area contributed by atoms with Crippen LogP contribution >= 0.6 is 22.7 Å². The number of aromatic nitrogens is 2. The number of carboxylic acids is 1. The number of aliphatic carboxylic acids is 1. The van der Waals surface area contributed by atoms with Gasteiger partial charge in [0.2, 0.25) is 11.2 Å². The zero-order chi connectivity index (χ0) is 42.0. The van der Waals surface area contributed by atoms with E-state index in [9.17, 15) is 19.8 Å². The van der Waals surface area contributed by atoms with Crippen LogP contribution in [0.3, 0.4) is 0 Å². The lowest BCUT2D eigenvalue weighted by Gasteiger charge is -2.39. The maximum Gasteiger partial charge on any atom is 0.347 e. The third kappa shape index (κ3) is 9.31. The van der Waals surface area contributed by atoms with Gasteiger partial charge in [-0.3, -0.25) is 4.79 Å². The fraction of sp³-hybridized carbons (Fsp3) is 0.435. The molecule has 59 heavy (non-hydrogen) atoms. The Hall–Kier alpha value is -4.08. The third-order valence-electron chi connectivity index (χ3n) is 12.5. The molecular weight excluding hydrogens is 797 g/mol. The van der Waals surface area contributed by atoms with Crippen molar-refractivity contribution in [3.05, 3.63) is 121 Å². The number of thiophene rings is 2. The Kier molecular flexibility index (Phi) is 13.0. The second-order valence-electron chi connectivity index (χ2n) is 17.5. The van der Waals surface area contributed by atoms with Gasteiger partial charge in [-0.2, -0.15) is 0 Å². The molecule has 0 amide bonds. The SMILES string of the molecule is CN(CCCn1ccc2cc(CNC[C@H](O[Si](C)(C)C(C)(C)C)c3ccc(O)c4[nH]c(=O)ccc34)ccc21)C1CCC(OC(C(=O)O)(c2cccs2)c2cccs2)CC1. The van der Waals surface area contributed by atoms with E-state index in [1.165, 1.54) is 45.2 Å². The zero-order valence-corrected chi connectivity index (χ0v) is 37.6. The van der Waals surface area contributed by atoms with Gasteiger partial charge in [-0.25, -0.2) is 4.79 Å². The molecule has 7 rings (SSSR count). The van der Waals surface area contributed by atoms with Crippen LogP contribution in [-0.2, 0) is 32.6 Å². The summed E-state index contributed by atoms with van der Waals surface area (Å²) in [6, 6.07) is 23.7. The lowest BCUT2D eigenvalue weighted by Crippen LogP contribution is -2.44. The molecule has 0 bridgehead atoms. The van der Waals surface area contributed by atoms with Crippen molar-refractivity contribution < 1.29 is 24.2 Å². The maximum absolute atomic E-state index is 12.9. The number of H-pyrrole nitrogens is 1. The normalized spacial score (nSPS) is 17.3. The molecule has 4 N–H and O–H groups in total. The van der Waals surface area contributed by atoms with E-state index >= 15 is 0 Å². The second-order valence-corrected chi connectivity index (χ2v) is 24.2. The molecule has 0 spiro atoms. The van der Waals surface area contributed by atoms with Gasteiger partial charge >= 0.3 is 5.97 Å². The van der Waals surface area contributed by atoms with Crippen molar-refractivity contribution >= 4 is 58.8 Å². The van der Waals surface area contributed by atoms with Gasteiger partial charge in [0.25, 0.3) is 0 Å². The van der Waals surface area contributed by atoms with E-state index < -0.39 is 19.9 Å². The first-order valence-electron chi connectivity index (χ1n) is 20.7. The minimum Gasteiger partial charge on any atom is -0.506 e. The van der Waals surface area contributed by atoms with Gasteiger partial charge in [-0.15, -0.1) is 22.7 Å². The van der Waals surface area contributed by atoms with Crippen LogP contribution in [-0.4, -0.2) is 71.2 Å². The number of carbonyl (C=O) groups is 1. The molecule has 0 unspecified atom stereocenters. The molecule has 0 radical (unpaired) electrons. The van der Waals surface area contributed by atoms with Crippen LogP contribution in [0.2, 0.25) is 18.1 Å². The number of pyridine rings is 1. The average molecular weight is 855 g/mol. The van der Waals surface area contributed by atoms with Crippen molar-refractivity contribution in [2.75, 3.05) is 20.1 Å². The number of aryl methyl sites for hydroxylation is 1. The molecule has 2 aromatic carbocycles. The van der Waals surface area contributed by atoms with Crippen LogP contribution in [0.15, 0.2) is 94.5 Å². The summed E-state index contributed by atoms with van der Waals surface area (Å²) >= 11 is 2.87. The summed E-state index contributed by atoms with van der Waals surface area (Å²) in [5.74, 6) is -0.909. The highest BCUT2D eigenvalue weighted by atomic mass is 32.1. The van der Waals surface area contributed by atoms with Gasteiger partial charge in [-0.05, 0) is 134 Å². The number of aromatic amines is 1. The van der Waals surface area contributed by atoms with E-state index in [1.54, 1.807) is 12.1 Å². The van der Waals surface area contributed by atoms with E-state index in [1.807, 2.05) is 41.1 Å². The molecule has 6 aromatic rings. The molecule has 314 valence electrons. The van der Waals surface area contributed by atoms with Crippen molar-refractivity contribution in [2.45, 2.75) is 108 Å². The molecule has 13 heteroatoms. The van der Waals surface area contributed by atoms with Crippen LogP contribution < -0.4 is 10.9 Å². The van der Waals surface area contributed by atoms with E-state index in [4.69, 9.17) is 9.16 Å².